The molecular weight excluding hydrogens is 695 g/mol. The third kappa shape index (κ3) is 5.48. The predicted molar refractivity (Wildman–Crippen MR) is 234 cm³/mol. The van der Waals surface area contributed by atoms with Gasteiger partial charge in [0.1, 0.15) is 0 Å². The van der Waals surface area contributed by atoms with Gasteiger partial charge in [0.05, 0.1) is 22.2 Å². The van der Waals surface area contributed by atoms with Crippen LogP contribution in [0.15, 0.2) is 200 Å². The Morgan fingerprint density at radius 3 is 1.47 bits per heavy atom. The van der Waals surface area contributed by atoms with Crippen LogP contribution >= 0.6 is 0 Å². The Morgan fingerprint density at radius 1 is 0.298 bits per heavy atom. The first-order valence-electron chi connectivity index (χ1n) is 19.2. The summed E-state index contributed by atoms with van der Waals surface area (Å²) in [7, 11) is 0. The van der Waals surface area contributed by atoms with Gasteiger partial charge in [0.25, 0.3) is 0 Å². The van der Waals surface area contributed by atoms with Gasteiger partial charge in [-0.15, -0.1) is 0 Å². The van der Waals surface area contributed by atoms with Gasteiger partial charge in [-0.05, 0) is 23.8 Å². The van der Waals surface area contributed by atoms with Crippen molar-refractivity contribution in [2.75, 3.05) is 0 Å². The highest BCUT2D eigenvalue weighted by atomic mass is 15.0. The SMILES string of the molecule is c1ccc(-c2nc(-c3ccccc3)nc(-c3ccccc3-c3cccc4c5ccc6c(-c7ccccc7)nc7ccccc7c6c5n(-c5ccccc5)c34)n2)cc1. The molecule has 0 saturated carbocycles. The van der Waals surface area contributed by atoms with E-state index in [0.717, 1.165) is 77.5 Å². The van der Waals surface area contributed by atoms with Crippen LogP contribution < -0.4 is 0 Å². The Bertz CT molecular complexity index is 3210. The van der Waals surface area contributed by atoms with E-state index in [1.165, 1.54) is 10.8 Å². The number of rotatable bonds is 6. The van der Waals surface area contributed by atoms with Crippen molar-refractivity contribution >= 4 is 43.5 Å². The molecule has 5 heteroatoms. The van der Waals surface area contributed by atoms with E-state index >= 15 is 0 Å². The Kier molecular flexibility index (Phi) is 7.74. The predicted octanol–water partition coefficient (Wildman–Crippen LogP) is 13.0. The molecule has 0 spiro atoms. The fourth-order valence-electron chi connectivity index (χ4n) is 8.30. The molecule has 8 aromatic carbocycles. The van der Waals surface area contributed by atoms with E-state index < -0.39 is 0 Å². The maximum absolute atomic E-state index is 5.28. The number of hydrogen-bond donors (Lipinski definition) is 0. The fraction of sp³-hybridized carbons (Fsp3) is 0. The first-order valence-corrected chi connectivity index (χ1v) is 19.2. The molecule has 0 N–H and O–H groups in total. The number of hydrogen-bond acceptors (Lipinski definition) is 4. The van der Waals surface area contributed by atoms with E-state index in [0.29, 0.717) is 17.5 Å². The zero-order valence-corrected chi connectivity index (χ0v) is 30.8. The van der Waals surface area contributed by atoms with E-state index in [9.17, 15) is 0 Å². The molecule has 11 aromatic rings. The number of para-hydroxylation sites is 3. The zero-order chi connectivity index (χ0) is 37.7. The second-order valence-electron chi connectivity index (χ2n) is 14.2. The zero-order valence-electron chi connectivity index (χ0n) is 30.8. The minimum Gasteiger partial charge on any atom is -0.308 e. The smallest absolute Gasteiger partial charge is 0.164 e. The van der Waals surface area contributed by atoms with Crippen molar-refractivity contribution in [1.82, 2.24) is 24.5 Å². The Morgan fingerprint density at radius 2 is 0.789 bits per heavy atom. The van der Waals surface area contributed by atoms with Crippen molar-refractivity contribution in [3.8, 4) is 62.2 Å². The summed E-state index contributed by atoms with van der Waals surface area (Å²) in [5.41, 5.74) is 11.3. The van der Waals surface area contributed by atoms with Crippen LogP contribution in [0.5, 0.6) is 0 Å². The lowest BCUT2D eigenvalue weighted by Gasteiger charge is -2.16. The Labute approximate surface area is 329 Å². The summed E-state index contributed by atoms with van der Waals surface area (Å²) in [6.45, 7) is 0. The second-order valence-corrected chi connectivity index (χ2v) is 14.2. The molecule has 5 nitrogen and oxygen atoms in total. The molecule has 0 aliphatic rings. The summed E-state index contributed by atoms with van der Waals surface area (Å²) in [5, 5.41) is 5.74. The molecular formula is C52H33N5. The molecule has 57 heavy (non-hydrogen) atoms. The van der Waals surface area contributed by atoms with Crippen LogP contribution in [0.2, 0.25) is 0 Å². The molecule has 0 aliphatic heterocycles. The largest absolute Gasteiger partial charge is 0.308 e. The van der Waals surface area contributed by atoms with Gasteiger partial charge in [0, 0.05) is 60.4 Å². The lowest BCUT2D eigenvalue weighted by molar-refractivity contribution is 1.07. The van der Waals surface area contributed by atoms with Crippen LogP contribution in [-0.2, 0) is 0 Å². The molecule has 3 aromatic heterocycles. The highest BCUT2D eigenvalue weighted by Crippen LogP contribution is 2.45. The van der Waals surface area contributed by atoms with Gasteiger partial charge in [0.15, 0.2) is 17.5 Å². The summed E-state index contributed by atoms with van der Waals surface area (Å²) in [4.78, 5) is 20.6. The van der Waals surface area contributed by atoms with Gasteiger partial charge in [0.2, 0.25) is 0 Å². The van der Waals surface area contributed by atoms with Crippen LogP contribution in [0.4, 0.5) is 0 Å². The molecule has 0 saturated heterocycles. The molecule has 0 unspecified atom stereocenters. The van der Waals surface area contributed by atoms with Gasteiger partial charge in [-0.3, -0.25) is 0 Å². The van der Waals surface area contributed by atoms with Crippen LogP contribution in [0.25, 0.3) is 106 Å². The Balaban J connectivity index is 1.25. The average Bonchev–Trinajstić information content (AvgIpc) is 3.64. The lowest BCUT2D eigenvalue weighted by atomic mass is 9.96. The number of fused-ring (bicyclic) bond motifs is 7. The number of nitrogens with zero attached hydrogens (tertiary/aromatic N) is 5. The maximum Gasteiger partial charge on any atom is 0.164 e. The summed E-state index contributed by atoms with van der Waals surface area (Å²) in [5.74, 6) is 1.88. The van der Waals surface area contributed by atoms with Crippen molar-refractivity contribution in [3.63, 3.8) is 0 Å². The van der Waals surface area contributed by atoms with Crippen molar-refractivity contribution < 1.29 is 0 Å². The summed E-state index contributed by atoms with van der Waals surface area (Å²) in [6.07, 6.45) is 0. The second kappa shape index (κ2) is 13.5. The van der Waals surface area contributed by atoms with Gasteiger partial charge < -0.3 is 4.57 Å². The molecule has 11 rings (SSSR count). The molecule has 0 bridgehead atoms. The van der Waals surface area contributed by atoms with Gasteiger partial charge in [-0.25, -0.2) is 19.9 Å². The first-order chi connectivity index (χ1) is 28.3. The van der Waals surface area contributed by atoms with Crippen molar-refractivity contribution in [2.45, 2.75) is 0 Å². The Hall–Kier alpha value is -7.76. The molecule has 0 atom stereocenters. The maximum atomic E-state index is 5.28. The van der Waals surface area contributed by atoms with Gasteiger partial charge in [-0.2, -0.15) is 0 Å². The third-order valence-corrected chi connectivity index (χ3v) is 10.8. The molecule has 0 amide bonds. The van der Waals surface area contributed by atoms with Crippen LogP contribution in [0.3, 0.4) is 0 Å². The summed E-state index contributed by atoms with van der Waals surface area (Å²) in [6, 6.07) is 69.7. The average molecular weight is 728 g/mol. The lowest BCUT2D eigenvalue weighted by Crippen LogP contribution is -2.01. The van der Waals surface area contributed by atoms with Gasteiger partial charge in [-0.1, -0.05) is 182 Å². The van der Waals surface area contributed by atoms with Gasteiger partial charge >= 0.3 is 0 Å². The van der Waals surface area contributed by atoms with Crippen LogP contribution in [0, 0.1) is 0 Å². The molecule has 0 radical (unpaired) electrons. The van der Waals surface area contributed by atoms with Crippen molar-refractivity contribution in [1.29, 1.82) is 0 Å². The van der Waals surface area contributed by atoms with Crippen molar-refractivity contribution in [3.05, 3.63) is 200 Å². The van der Waals surface area contributed by atoms with E-state index in [1.807, 2.05) is 60.7 Å². The topological polar surface area (TPSA) is 56.5 Å². The molecule has 0 fully saturated rings. The normalized spacial score (nSPS) is 11.5. The van der Waals surface area contributed by atoms with E-state index in [1.54, 1.807) is 0 Å². The summed E-state index contributed by atoms with van der Waals surface area (Å²) >= 11 is 0. The van der Waals surface area contributed by atoms with Crippen molar-refractivity contribution in [2.24, 2.45) is 0 Å². The highest BCUT2D eigenvalue weighted by molar-refractivity contribution is 6.28. The minimum atomic E-state index is 0.618. The number of aromatic nitrogens is 5. The number of benzene rings is 8. The van der Waals surface area contributed by atoms with Crippen LogP contribution in [-0.4, -0.2) is 24.5 Å². The molecule has 266 valence electrons. The molecule has 0 aliphatic carbocycles. The monoisotopic (exact) mass is 727 g/mol. The minimum absolute atomic E-state index is 0.618. The fourth-order valence-corrected chi connectivity index (χ4v) is 8.30. The number of pyridine rings is 1. The first kappa shape index (κ1) is 32.7. The van der Waals surface area contributed by atoms with E-state index in [4.69, 9.17) is 19.9 Å². The van der Waals surface area contributed by atoms with E-state index in [2.05, 4.69) is 144 Å². The third-order valence-electron chi connectivity index (χ3n) is 10.8. The standard InChI is InChI=1S/C52H33N5/c1-5-18-34(19-6-1)47-44-33-32-41-40-30-17-29-39(48(40)57(37-24-11-4-12-25-37)49(41)46(44)43-28-15-16-31-45(43)53-47)38-26-13-14-27-42(38)52-55-50(35-20-7-2-8-21-35)54-51(56-52)36-22-9-3-10-23-36/h1-33H. The summed E-state index contributed by atoms with van der Waals surface area (Å²) < 4.78 is 2.46. The molecule has 3 heterocycles. The highest BCUT2D eigenvalue weighted by Gasteiger charge is 2.23. The van der Waals surface area contributed by atoms with Crippen LogP contribution in [0.1, 0.15) is 0 Å². The quantitative estimate of drug-likeness (QED) is 0.160. The van der Waals surface area contributed by atoms with E-state index in [-0.39, 0.29) is 0 Å².